The summed E-state index contributed by atoms with van der Waals surface area (Å²) >= 11 is 0. The van der Waals surface area contributed by atoms with Crippen molar-refractivity contribution in [1.82, 2.24) is 10.2 Å². The van der Waals surface area contributed by atoms with Gasteiger partial charge in [0, 0.05) is 12.6 Å². The fourth-order valence-electron chi connectivity index (χ4n) is 2.14. The monoisotopic (exact) mass is 262 g/mol. The average Bonchev–Trinajstić information content (AvgIpc) is 2.28. The summed E-state index contributed by atoms with van der Waals surface area (Å²) < 4.78 is 23.4. The van der Waals surface area contributed by atoms with E-state index in [9.17, 15) is 8.42 Å². The first kappa shape index (κ1) is 14.9. The van der Waals surface area contributed by atoms with E-state index in [4.69, 9.17) is 0 Å². The van der Waals surface area contributed by atoms with Crippen molar-refractivity contribution in [2.45, 2.75) is 44.9 Å². The molecule has 0 aliphatic carbocycles. The van der Waals surface area contributed by atoms with Crippen LogP contribution in [0.2, 0.25) is 0 Å². The minimum Gasteiger partial charge on any atom is -0.314 e. The van der Waals surface area contributed by atoms with Gasteiger partial charge in [-0.05, 0) is 46.3 Å². The molecule has 0 aromatic carbocycles. The third-order valence-electron chi connectivity index (χ3n) is 3.49. The van der Waals surface area contributed by atoms with E-state index in [1.165, 1.54) is 0 Å². The number of nitrogens with one attached hydrogen (secondary N) is 1. The van der Waals surface area contributed by atoms with Crippen molar-refractivity contribution in [2.24, 2.45) is 0 Å². The quantitative estimate of drug-likeness (QED) is 0.772. The van der Waals surface area contributed by atoms with Gasteiger partial charge in [-0.1, -0.05) is 6.92 Å². The molecule has 0 aromatic rings. The molecule has 0 saturated carbocycles. The molecule has 1 N–H and O–H groups in total. The molecule has 0 radical (unpaired) electrons. The summed E-state index contributed by atoms with van der Waals surface area (Å²) in [6, 6.07) is 0.623. The van der Waals surface area contributed by atoms with Crippen LogP contribution in [0.1, 0.15) is 33.6 Å². The number of likely N-dealkylation sites (tertiary alicyclic amines) is 1. The molecule has 0 spiro atoms. The Morgan fingerprint density at radius 1 is 1.29 bits per heavy atom. The van der Waals surface area contributed by atoms with Crippen LogP contribution in [0.15, 0.2) is 0 Å². The van der Waals surface area contributed by atoms with Gasteiger partial charge in [-0.25, -0.2) is 8.42 Å². The molecule has 5 heteroatoms. The number of hydrogen-bond donors (Lipinski definition) is 1. The number of rotatable bonds is 6. The van der Waals surface area contributed by atoms with Crippen LogP contribution in [0.5, 0.6) is 0 Å². The molecule has 1 aliphatic heterocycles. The SMILES string of the molecule is CCNC1CCN(CCS(=O)(=O)C(C)C)CC1. The van der Waals surface area contributed by atoms with E-state index in [0.717, 1.165) is 32.5 Å². The van der Waals surface area contributed by atoms with E-state index in [2.05, 4.69) is 17.1 Å². The van der Waals surface area contributed by atoms with Gasteiger partial charge in [0.15, 0.2) is 9.84 Å². The minimum absolute atomic E-state index is 0.248. The maximum Gasteiger partial charge on any atom is 0.153 e. The van der Waals surface area contributed by atoms with Gasteiger partial charge in [-0.2, -0.15) is 0 Å². The summed E-state index contributed by atoms with van der Waals surface area (Å²) in [5, 5.41) is 3.20. The number of hydrogen-bond acceptors (Lipinski definition) is 4. The fourth-order valence-corrected chi connectivity index (χ4v) is 3.13. The Morgan fingerprint density at radius 3 is 2.35 bits per heavy atom. The first-order valence-electron chi connectivity index (χ1n) is 6.63. The molecule has 17 heavy (non-hydrogen) atoms. The lowest BCUT2D eigenvalue weighted by Crippen LogP contribution is -2.44. The van der Waals surface area contributed by atoms with Crippen LogP contribution in [0.4, 0.5) is 0 Å². The second-order valence-corrected chi connectivity index (χ2v) is 7.77. The zero-order valence-electron chi connectivity index (χ0n) is 11.3. The van der Waals surface area contributed by atoms with E-state index < -0.39 is 9.84 Å². The van der Waals surface area contributed by atoms with E-state index in [0.29, 0.717) is 18.3 Å². The summed E-state index contributed by atoms with van der Waals surface area (Å²) in [6.07, 6.45) is 2.27. The lowest BCUT2D eigenvalue weighted by Gasteiger charge is -2.32. The Kier molecular flexibility index (Phi) is 5.89. The highest BCUT2D eigenvalue weighted by atomic mass is 32.2. The largest absolute Gasteiger partial charge is 0.314 e. The van der Waals surface area contributed by atoms with Crippen LogP contribution in [0.25, 0.3) is 0 Å². The standard InChI is InChI=1S/C12H26N2O2S/c1-4-13-12-5-7-14(8-6-12)9-10-17(15,16)11(2)3/h11-13H,4-10H2,1-3H3. The predicted octanol–water partition coefficient (Wildman–Crippen LogP) is 0.884. The highest BCUT2D eigenvalue weighted by molar-refractivity contribution is 7.92. The Labute approximate surface area is 106 Å². The first-order valence-corrected chi connectivity index (χ1v) is 8.34. The molecule has 4 nitrogen and oxygen atoms in total. The molecule has 1 saturated heterocycles. The van der Waals surface area contributed by atoms with Crippen molar-refractivity contribution >= 4 is 9.84 Å². The highest BCUT2D eigenvalue weighted by Crippen LogP contribution is 2.11. The second kappa shape index (κ2) is 6.71. The predicted molar refractivity (Wildman–Crippen MR) is 72.1 cm³/mol. The van der Waals surface area contributed by atoms with Crippen molar-refractivity contribution in [3.05, 3.63) is 0 Å². The third kappa shape index (κ3) is 4.94. The summed E-state index contributed by atoms with van der Waals surface area (Å²) in [7, 11) is -2.88. The number of sulfone groups is 1. The van der Waals surface area contributed by atoms with Gasteiger partial charge in [0.1, 0.15) is 0 Å². The van der Waals surface area contributed by atoms with Crippen LogP contribution in [-0.4, -0.2) is 56.5 Å². The van der Waals surface area contributed by atoms with Gasteiger partial charge in [0.25, 0.3) is 0 Å². The van der Waals surface area contributed by atoms with Gasteiger partial charge in [0.2, 0.25) is 0 Å². The molecule has 1 heterocycles. The molecule has 0 aromatic heterocycles. The van der Waals surface area contributed by atoms with Gasteiger partial charge in [-0.3, -0.25) is 0 Å². The molecule has 0 atom stereocenters. The molecule has 1 fully saturated rings. The minimum atomic E-state index is -2.88. The fraction of sp³-hybridized carbons (Fsp3) is 1.00. The van der Waals surface area contributed by atoms with Gasteiger partial charge in [-0.15, -0.1) is 0 Å². The van der Waals surface area contributed by atoms with Crippen molar-refractivity contribution in [2.75, 3.05) is 31.9 Å². The van der Waals surface area contributed by atoms with Crippen LogP contribution in [-0.2, 0) is 9.84 Å². The Bertz CT molecular complexity index is 306. The smallest absolute Gasteiger partial charge is 0.153 e. The second-order valence-electron chi connectivity index (χ2n) is 5.09. The van der Waals surface area contributed by atoms with Crippen molar-refractivity contribution < 1.29 is 8.42 Å². The Balaban J connectivity index is 2.27. The van der Waals surface area contributed by atoms with Gasteiger partial charge < -0.3 is 10.2 Å². The molecule has 0 bridgehead atoms. The molecule has 0 unspecified atom stereocenters. The summed E-state index contributed by atoms with van der Waals surface area (Å²) in [4.78, 5) is 2.27. The lowest BCUT2D eigenvalue weighted by atomic mass is 10.1. The maximum absolute atomic E-state index is 11.7. The summed E-state index contributed by atoms with van der Waals surface area (Å²) in [5.41, 5.74) is 0. The van der Waals surface area contributed by atoms with Crippen molar-refractivity contribution in [3.8, 4) is 0 Å². The molecule has 1 rings (SSSR count). The zero-order chi connectivity index (χ0) is 12.9. The summed E-state index contributed by atoms with van der Waals surface area (Å²) in [5.74, 6) is 0.302. The molecular formula is C12H26N2O2S. The van der Waals surface area contributed by atoms with Crippen molar-refractivity contribution in [1.29, 1.82) is 0 Å². The summed E-state index contributed by atoms with van der Waals surface area (Å²) in [6.45, 7) is 9.39. The van der Waals surface area contributed by atoms with Crippen LogP contribution < -0.4 is 5.32 Å². The van der Waals surface area contributed by atoms with Crippen LogP contribution in [0, 0.1) is 0 Å². The van der Waals surface area contributed by atoms with E-state index in [1.807, 2.05) is 0 Å². The van der Waals surface area contributed by atoms with Crippen LogP contribution in [0.3, 0.4) is 0 Å². The molecular weight excluding hydrogens is 236 g/mol. The third-order valence-corrected chi connectivity index (χ3v) is 5.68. The normalized spacial score (nSPS) is 20.0. The van der Waals surface area contributed by atoms with E-state index in [1.54, 1.807) is 13.8 Å². The first-order chi connectivity index (χ1) is 7.95. The van der Waals surface area contributed by atoms with E-state index >= 15 is 0 Å². The molecule has 0 amide bonds. The maximum atomic E-state index is 11.7. The lowest BCUT2D eigenvalue weighted by molar-refractivity contribution is 0.208. The molecule has 102 valence electrons. The Morgan fingerprint density at radius 2 is 1.88 bits per heavy atom. The zero-order valence-corrected chi connectivity index (χ0v) is 12.1. The molecule has 1 aliphatic rings. The van der Waals surface area contributed by atoms with Crippen LogP contribution >= 0.6 is 0 Å². The topological polar surface area (TPSA) is 49.4 Å². The number of piperidine rings is 1. The Hall–Kier alpha value is -0.130. The van der Waals surface area contributed by atoms with Crippen molar-refractivity contribution in [3.63, 3.8) is 0 Å². The average molecular weight is 262 g/mol. The van der Waals surface area contributed by atoms with Gasteiger partial charge >= 0.3 is 0 Å². The number of nitrogens with zero attached hydrogens (tertiary/aromatic N) is 1. The highest BCUT2D eigenvalue weighted by Gasteiger charge is 2.21. The van der Waals surface area contributed by atoms with Gasteiger partial charge in [0.05, 0.1) is 11.0 Å². The van der Waals surface area contributed by atoms with E-state index in [-0.39, 0.29) is 5.25 Å².